The van der Waals surface area contributed by atoms with Crippen LogP contribution in [0, 0.1) is 40.4 Å². The lowest BCUT2D eigenvalue weighted by Crippen LogP contribution is -2.23. The van der Waals surface area contributed by atoms with Gasteiger partial charge in [0.2, 0.25) is 0 Å². The minimum atomic E-state index is 0.306. The summed E-state index contributed by atoms with van der Waals surface area (Å²) in [5, 5.41) is 3.50. The van der Waals surface area contributed by atoms with Crippen LogP contribution in [0.1, 0.15) is 200 Å². The van der Waals surface area contributed by atoms with E-state index in [0.717, 1.165) is 42.9 Å². The van der Waals surface area contributed by atoms with Gasteiger partial charge in [0.05, 0.1) is 0 Å². The number of anilines is 1. The lowest BCUT2D eigenvalue weighted by atomic mass is 9.74. The topological polar surface area (TPSA) is 45.2 Å². The fraction of sp³-hybridized carbons (Fsp3) is 0.732. The van der Waals surface area contributed by atoms with Crippen molar-refractivity contribution in [3.63, 3.8) is 0 Å². The van der Waals surface area contributed by atoms with Gasteiger partial charge in [0, 0.05) is 19.3 Å². The first kappa shape index (κ1) is 61.6. The Morgan fingerprint density at radius 1 is 0.983 bits per heavy atom. The molecule has 348 valence electrons. The Balaban J connectivity index is -0.000000845. The summed E-state index contributed by atoms with van der Waals surface area (Å²) in [7, 11) is 0. The van der Waals surface area contributed by atoms with Crippen LogP contribution in [0.25, 0.3) is 0 Å². The molecule has 4 nitrogen and oxygen atoms in total. The lowest BCUT2D eigenvalue weighted by molar-refractivity contribution is -0.106. The molecule has 1 aromatic heterocycles. The Labute approximate surface area is 376 Å². The Morgan fingerprint density at radius 3 is 2.05 bits per heavy atom. The second kappa shape index (κ2) is 40.4. The molecule has 2 heterocycles. The summed E-state index contributed by atoms with van der Waals surface area (Å²) in [5.74, 6) is 4.94. The molecule has 0 bridgehead atoms. The summed E-state index contributed by atoms with van der Waals surface area (Å²) >= 11 is 0. The zero-order chi connectivity index (χ0) is 46.2. The average Bonchev–Trinajstić information content (AvgIpc) is 3.75. The van der Waals surface area contributed by atoms with Crippen molar-refractivity contribution in [2.24, 2.45) is 40.4 Å². The van der Waals surface area contributed by atoms with Gasteiger partial charge in [-0.05, 0) is 130 Å². The van der Waals surface area contributed by atoms with Crippen LogP contribution in [0.15, 0.2) is 79.2 Å². The SMILES string of the molecule is C=C=CC(CC(C)CCCCCCCNCCC)C1CCN(c2ccccn2)C1.C=CC(C)(C)C.CC.CC.CC(C)C1=CC=CCC1.CC1CCC(C)(C)CC1.CC=O. The molecular weight excluding hydrogens is 731 g/mol. The number of nitrogens with one attached hydrogen (secondary N) is 1. The van der Waals surface area contributed by atoms with Gasteiger partial charge in [-0.1, -0.05) is 184 Å². The molecule has 1 aliphatic heterocycles. The molecule has 2 aliphatic carbocycles. The third-order valence-corrected chi connectivity index (χ3v) is 11.3. The van der Waals surface area contributed by atoms with Gasteiger partial charge in [0.25, 0.3) is 0 Å². The summed E-state index contributed by atoms with van der Waals surface area (Å²) in [6.45, 7) is 44.2. The number of allylic oxidation sites excluding steroid dienone is 6. The maximum absolute atomic E-state index is 8.81. The fourth-order valence-corrected chi connectivity index (χ4v) is 7.24. The minimum absolute atomic E-state index is 0.306. The van der Waals surface area contributed by atoms with Gasteiger partial charge in [-0.3, -0.25) is 0 Å². The summed E-state index contributed by atoms with van der Waals surface area (Å²) in [5.41, 5.74) is 5.65. The molecule has 0 amide bonds. The molecule has 60 heavy (non-hydrogen) atoms. The van der Waals surface area contributed by atoms with Crippen LogP contribution in [0.4, 0.5) is 5.82 Å². The van der Waals surface area contributed by atoms with Crippen LogP contribution >= 0.6 is 0 Å². The molecule has 2 fully saturated rings. The second-order valence-electron chi connectivity index (χ2n) is 18.9. The first-order chi connectivity index (χ1) is 28.6. The van der Waals surface area contributed by atoms with E-state index >= 15 is 0 Å². The van der Waals surface area contributed by atoms with Gasteiger partial charge in [0.15, 0.2) is 0 Å². The van der Waals surface area contributed by atoms with Crippen molar-refractivity contribution in [2.45, 2.75) is 200 Å². The van der Waals surface area contributed by atoms with Crippen molar-refractivity contribution in [2.75, 3.05) is 31.1 Å². The van der Waals surface area contributed by atoms with E-state index < -0.39 is 0 Å². The highest BCUT2D eigenvalue weighted by molar-refractivity contribution is 5.44. The molecule has 0 aromatic carbocycles. The first-order valence-electron chi connectivity index (χ1n) is 24.7. The molecule has 4 heteroatoms. The summed E-state index contributed by atoms with van der Waals surface area (Å²) < 4.78 is 0. The highest BCUT2D eigenvalue weighted by atomic mass is 16.1. The zero-order valence-electron chi connectivity index (χ0n) is 42.8. The van der Waals surface area contributed by atoms with Gasteiger partial charge >= 0.3 is 0 Å². The molecule has 1 saturated carbocycles. The van der Waals surface area contributed by atoms with Crippen LogP contribution in [-0.4, -0.2) is 37.4 Å². The number of aldehydes is 1. The predicted molar refractivity (Wildman–Crippen MR) is 273 cm³/mol. The molecule has 3 unspecified atom stereocenters. The largest absolute Gasteiger partial charge is 0.356 e. The van der Waals surface area contributed by atoms with Crippen molar-refractivity contribution in [1.82, 2.24) is 10.3 Å². The van der Waals surface area contributed by atoms with Crippen molar-refractivity contribution in [3.05, 3.63) is 79.2 Å². The molecule has 3 atom stereocenters. The summed E-state index contributed by atoms with van der Waals surface area (Å²) in [4.78, 5) is 15.8. The smallest absolute Gasteiger partial charge is 0.128 e. The van der Waals surface area contributed by atoms with Crippen LogP contribution in [0.2, 0.25) is 0 Å². The quantitative estimate of drug-likeness (QED) is 0.0780. The maximum Gasteiger partial charge on any atom is 0.128 e. The van der Waals surface area contributed by atoms with Gasteiger partial charge in [-0.2, -0.15) is 0 Å². The fourth-order valence-electron chi connectivity index (χ4n) is 7.24. The van der Waals surface area contributed by atoms with E-state index in [9.17, 15) is 0 Å². The normalized spacial score (nSPS) is 17.4. The highest BCUT2D eigenvalue weighted by Gasteiger charge is 2.29. The van der Waals surface area contributed by atoms with Crippen LogP contribution < -0.4 is 10.2 Å². The number of hydrogen-bond donors (Lipinski definition) is 1. The number of nitrogens with zero attached hydrogens (tertiary/aromatic N) is 2. The van der Waals surface area contributed by atoms with E-state index in [-0.39, 0.29) is 0 Å². The van der Waals surface area contributed by atoms with Gasteiger partial charge < -0.3 is 15.0 Å². The Bertz CT molecular complexity index is 1210. The van der Waals surface area contributed by atoms with Crippen molar-refractivity contribution in [1.29, 1.82) is 0 Å². The second-order valence-corrected chi connectivity index (χ2v) is 18.9. The van der Waals surface area contributed by atoms with Gasteiger partial charge in [-0.15, -0.1) is 12.3 Å². The zero-order valence-corrected chi connectivity index (χ0v) is 42.8. The molecule has 1 aromatic rings. The van der Waals surface area contributed by atoms with E-state index in [0.29, 0.717) is 22.7 Å². The number of aromatic nitrogens is 1. The van der Waals surface area contributed by atoms with Gasteiger partial charge in [0.1, 0.15) is 12.1 Å². The van der Waals surface area contributed by atoms with E-state index in [1.807, 2.05) is 46.0 Å². The predicted octanol–water partition coefficient (Wildman–Crippen LogP) is 16.8. The summed E-state index contributed by atoms with van der Waals surface area (Å²) in [6.07, 6.45) is 33.7. The van der Waals surface area contributed by atoms with Crippen molar-refractivity contribution in [3.8, 4) is 0 Å². The molecule has 4 rings (SSSR count). The van der Waals surface area contributed by atoms with E-state index in [1.54, 1.807) is 5.57 Å². The van der Waals surface area contributed by atoms with E-state index in [2.05, 4.69) is 140 Å². The van der Waals surface area contributed by atoms with Crippen molar-refractivity contribution < 1.29 is 4.79 Å². The molecule has 1 saturated heterocycles. The summed E-state index contributed by atoms with van der Waals surface area (Å²) in [6, 6.07) is 6.20. The molecule has 1 N–H and O–H groups in total. The standard InChI is InChI=1S/C26H43N3.C9H18.C9H14.C6H12.C2H4O.2C2H6/c1-4-13-24(25-16-20-29(22-25)26-15-10-12-19-28-26)21-23(3)14-9-7-6-8-11-18-27-17-5-2;1-8-4-6-9(2,3)7-5-8;1-8(2)9-6-4-3-5-7-9;1-5-6(2,3)4;1-2-3;2*1-2/h10,12-13,15,19,23-25,27H,1,5-9,11,14,16-18,20-22H2,2-3H3;8H,4-7H2,1-3H3;3-4,6,8H,5,7H2,1-2H3;5H,1H2,2-4H3;2H,1H3;2*1-2H3. The van der Waals surface area contributed by atoms with Gasteiger partial charge in [-0.25, -0.2) is 4.98 Å². The number of carbonyl (C=O) groups excluding carboxylic acids is 1. The number of unbranched alkanes of at least 4 members (excludes halogenated alkanes) is 4. The van der Waals surface area contributed by atoms with Crippen molar-refractivity contribution >= 4 is 12.1 Å². The lowest BCUT2D eigenvalue weighted by Gasteiger charge is -2.32. The van der Waals surface area contributed by atoms with E-state index in [4.69, 9.17) is 4.79 Å². The third kappa shape index (κ3) is 36.0. The van der Waals surface area contributed by atoms with E-state index in [1.165, 1.54) is 116 Å². The Morgan fingerprint density at radius 2 is 1.58 bits per heavy atom. The number of hydrogen-bond acceptors (Lipinski definition) is 4. The Hall–Kier alpha value is -2.68. The molecule has 0 spiro atoms. The number of rotatable bonds is 16. The Kier molecular flexibility index (Phi) is 41.5. The van der Waals surface area contributed by atoms with Crippen LogP contribution in [-0.2, 0) is 4.79 Å². The van der Waals surface area contributed by atoms with Crippen LogP contribution in [0.3, 0.4) is 0 Å². The monoisotopic (exact) mass is 834 g/mol. The first-order valence-corrected chi connectivity index (χ1v) is 24.7. The highest BCUT2D eigenvalue weighted by Crippen LogP contribution is 2.37. The molecular formula is C56H103N3O. The maximum atomic E-state index is 8.81. The molecule has 3 aliphatic rings. The number of carbonyl (C=O) groups is 1. The minimum Gasteiger partial charge on any atom is -0.356 e. The average molecular weight is 834 g/mol. The molecule has 0 radical (unpaired) electrons. The van der Waals surface area contributed by atoms with Crippen LogP contribution in [0.5, 0.6) is 0 Å². The third-order valence-electron chi connectivity index (χ3n) is 11.3. The number of pyridine rings is 1.